The Kier molecular flexibility index (Phi) is 5.97. The molecule has 0 unspecified atom stereocenters. The van der Waals surface area contributed by atoms with E-state index in [1.165, 1.54) is 6.07 Å². The van der Waals surface area contributed by atoms with E-state index in [0.717, 1.165) is 4.90 Å². The number of benzene rings is 1. The lowest BCUT2D eigenvalue weighted by molar-refractivity contribution is 0.0430. The van der Waals surface area contributed by atoms with Crippen molar-refractivity contribution in [3.8, 4) is 11.3 Å². The van der Waals surface area contributed by atoms with Crippen molar-refractivity contribution in [2.75, 3.05) is 4.90 Å². The Bertz CT molecular complexity index is 842. The maximum Gasteiger partial charge on any atom is 0.424 e. The van der Waals surface area contributed by atoms with Gasteiger partial charge in [-0.25, -0.2) is 9.59 Å². The summed E-state index contributed by atoms with van der Waals surface area (Å²) in [6.07, 6.45) is -1.11. The minimum atomic E-state index is -0.855. The molecule has 0 bridgehead atoms. The van der Waals surface area contributed by atoms with Gasteiger partial charge >= 0.3 is 12.2 Å². The van der Waals surface area contributed by atoms with Crippen LogP contribution < -0.4 is 4.90 Å². The van der Waals surface area contributed by atoms with Crippen LogP contribution >= 0.6 is 0 Å². The van der Waals surface area contributed by atoms with Crippen molar-refractivity contribution in [1.29, 1.82) is 0 Å². The standard InChI is InChI=1S/C21H25NO6/c1-20(2,3)27-18(24)22(19(25)28-21(4,5)6)15-9-7-8-14(12-15)17-11-10-16(13-23)26-17/h7-13H,1-6H3. The van der Waals surface area contributed by atoms with Crippen LogP contribution in [0.15, 0.2) is 40.8 Å². The number of nitrogens with zero attached hydrogens (tertiary/aromatic N) is 1. The molecular formula is C21H25NO6. The molecule has 0 radical (unpaired) electrons. The molecular weight excluding hydrogens is 362 g/mol. The van der Waals surface area contributed by atoms with Crippen molar-refractivity contribution >= 4 is 24.2 Å². The second-order valence-corrected chi connectivity index (χ2v) is 8.17. The molecule has 150 valence electrons. The molecule has 2 aromatic rings. The zero-order valence-corrected chi connectivity index (χ0v) is 16.9. The van der Waals surface area contributed by atoms with Crippen LogP contribution in [-0.4, -0.2) is 29.7 Å². The highest BCUT2D eigenvalue weighted by Crippen LogP contribution is 2.28. The van der Waals surface area contributed by atoms with E-state index in [1.807, 2.05) is 0 Å². The molecule has 0 aliphatic heterocycles. The Labute approximate surface area is 164 Å². The lowest BCUT2D eigenvalue weighted by Crippen LogP contribution is -2.43. The largest absolute Gasteiger partial charge is 0.453 e. The summed E-state index contributed by atoms with van der Waals surface area (Å²) in [5, 5.41) is 0. The summed E-state index contributed by atoms with van der Waals surface area (Å²) in [5.74, 6) is 0.605. The Hall–Kier alpha value is -3.09. The average molecular weight is 387 g/mol. The monoisotopic (exact) mass is 387 g/mol. The summed E-state index contributed by atoms with van der Waals surface area (Å²) in [4.78, 5) is 37.1. The summed E-state index contributed by atoms with van der Waals surface area (Å²) in [7, 11) is 0. The van der Waals surface area contributed by atoms with Gasteiger partial charge < -0.3 is 13.9 Å². The highest BCUT2D eigenvalue weighted by atomic mass is 16.6. The molecule has 0 N–H and O–H groups in total. The fourth-order valence-corrected chi connectivity index (χ4v) is 2.27. The molecule has 28 heavy (non-hydrogen) atoms. The van der Waals surface area contributed by atoms with Crippen molar-refractivity contribution in [2.24, 2.45) is 0 Å². The van der Waals surface area contributed by atoms with Gasteiger partial charge in [-0.3, -0.25) is 4.79 Å². The Morgan fingerprint density at radius 3 is 1.96 bits per heavy atom. The Morgan fingerprint density at radius 1 is 0.929 bits per heavy atom. The second-order valence-electron chi connectivity index (χ2n) is 8.17. The molecule has 2 rings (SSSR count). The lowest BCUT2D eigenvalue weighted by atomic mass is 10.1. The maximum absolute atomic E-state index is 12.7. The molecule has 0 spiro atoms. The summed E-state index contributed by atoms with van der Waals surface area (Å²) in [5.41, 5.74) is -0.753. The molecule has 0 saturated carbocycles. The summed E-state index contributed by atoms with van der Waals surface area (Å²) < 4.78 is 16.2. The molecule has 0 saturated heterocycles. The fraction of sp³-hybridized carbons (Fsp3) is 0.381. The van der Waals surface area contributed by atoms with Gasteiger partial charge in [0.1, 0.15) is 17.0 Å². The topological polar surface area (TPSA) is 86.0 Å². The Balaban J connectivity index is 2.44. The van der Waals surface area contributed by atoms with Gasteiger partial charge in [-0.15, -0.1) is 0 Å². The van der Waals surface area contributed by atoms with E-state index >= 15 is 0 Å². The number of hydrogen-bond donors (Lipinski definition) is 0. The number of hydrogen-bond acceptors (Lipinski definition) is 6. The average Bonchev–Trinajstić information content (AvgIpc) is 3.01. The molecule has 0 atom stereocenters. The molecule has 7 heteroatoms. The molecule has 0 fully saturated rings. The SMILES string of the molecule is CC(C)(C)OC(=O)N(C(=O)OC(C)(C)C)c1cccc(-c2ccc(C=O)o2)c1. The minimum absolute atomic E-state index is 0.177. The van der Waals surface area contributed by atoms with Crippen LogP contribution in [0.4, 0.5) is 15.3 Å². The van der Waals surface area contributed by atoms with Crippen molar-refractivity contribution in [3.63, 3.8) is 0 Å². The van der Waals surface area contributed by atoms with E-state index in [9.17, 15) is 14.4 Å². The number of furan rings is 1. The van der Waals surface area contributed by atoms with Gasteiger partial charge in [0.25, 0.3) is 0 Å². The molecule has 2 amide bonds. The van der Waals surface area contributed by atoms with E-state index in [-0.39, 0.29) is 11.4 Å². The van der Waals surface area contributed by atoms with Crippen molar-refractivity contribution in [1.82, 2.24) is 0 Å². The first-order chi connectivity index (χ1) is 12.9. The zero-order valence-electron chi connectivity index (χ0n) is 16.9. The van der Waals surface area contributed by atoms with Gasteiger partial charge in [0.15, 0.2) is 12.0 Å². The van der Waals surface area contributed by atoms with Crippen LogP contribution in [-0.2, 0) is 9.47 Å². The van der Waals surface area contributed by atoms with E-state index in [1.54, 1.807) is 71.9 Å². The highest BCUT2D eigenvalue weighted by Gasteiger charge is 2.32. The smallest absolute Gasteiger partial charge is 0.424 e. The number of carbonyl (C=O) groups excluding carboxylic acids is 3. The van der Waals surface area contributed by atoms with Gasteiger partial charge in [-0.05, 0) is 65.8 Å². The van der Waals surface area contributed by atoms with Crippen LogP contribution in [0.5, 0.6) is 0 Å². The molecule has 0 aliphatic carbocycles. The van der Waals surface area contributed by atoms with Gasteiger partial charge in [0.2, 0.25) is 0 Å². The lowest BCUT2D eigenvalue weighted by Gasteiger charge is -2.28. The second kappa shape index (κ2) is 7.88. The normalized spacial score (nSPS) is 11.6. The van der Waals surface area contributed by atoms with Crippen molar-refractivity contribution < 1.29 is 28.3 Å². The predicted octanol–water partition coefficient (Wildman–Crippen LogP) is 5.44. The zero-order chi connectivity index (χ0) is 21.1. The third kappa shape index (κ3) is 5.70. The van der Waals surface area contributed by atoms with Crippen molar-refractivity contribution in [2.45, 2.75) is 52.7 Å². The first kappa shape index (κ1) is 21.2. The molecule has 1 aromatic carbocycles. The first-order valence-corrected chi connectivity index (χ1v) is 8.81. The van der Waals surface area contributed by atoms with E-state index in [4.69, 9.17) is 13.9 Å². The number of rotatable bonds is 3. The number of anilines is 1. The summed E-state index contributed by atoms with van der Waals surface area (Å²) in [6.45, 7) is 10.2. The highest BCUT2D eigenvalue weighted by molar-refractivity contribution is 6.09. The third-order valence-corrected chi connectivity index (χ3v) is 3.28. The summed E-state index contributed by atoms with van der Waals surface area (Å²) in [6, 6.07) is 9.74. The molecule has 1 aromatic heterocycles. The van der Waals surface area contributed by atoms with E-state index < -0.39 is 23.4 Å². The maximum atomic E-state index is 12.7. The van der Waals surface area contributed by atoms with Gasteiger partial charge in [-0.2, -0.15) is 4.90 Å². The predicted molar refractivity (Wildman–Crippen MR) is 104 cm³/mol. The quantitative estimate of drug-likeness (QED) is 0.652. The first-order valence-electron chi connectivity index (χ1n) is 8.81. The van der Waals surface area contributed by atoms with Crippen molar-refractivity contribution in [3.05, 3.63) is 42.2 Å². The van der Waals surface area contributed by atoms with Crippen LogP contribution in [0.1, 0.15) is 52.1 Å². The van der Waals surface area contributed by atoms with Crippen LogP contribution in [0.25, 0.3) is 11.3 Å². The minimum Gasteiger partial charge on any atom is -0.453 e. The van der Waals surface area contributed by atoms with E-state index in [0.29, 0.717) is 17.6 Å². The van der Waals surface area contributed by atoms with Gasteiger partial charge in [0, 0.05) is 5.56 Å². The summed E-state index contributed by atoms with van der Waals surface area (Å²) >= 11 is 0. The molecule has 7 nitrogen and oxygen atoms in total. The number of aldehydes is 1. The molecule has 0 aliphatic rings. The van der Waals surface area contributed by atoms with Crippen LogP contribution in [0.2, 0.25) is 0 Å². The fourth-order valence-electron chi connectivity index (χ4n) is 2.27. The molecule has 1 heterocycles. The number of carbonyl (C=O) groups is 3. The third-order valence-electron chi connectivity index (χ3n) is 3.28. The van der Waals surface area contributed by atoms with Gasteiger partial charge in [-0.1, -0.05) is 12.1 Å². The van der Waals surface area contributed by atoms with E-state index in [2.05, 4.69) is 0 Å². The Morgan fingerprint density at radius 2 is 1.50 bits per heavy atom. The van der Waals surface area contributed by atoms with Gasteiger partial charge in [0.05, 0.1) is 5.69 Å². The van der Waals surface area contributed by atoms with Crippen LogP contribution in [0, 0.1) is 0 Å². The number of ether oxygens (including phenoxy) is 2. The van der Waals surface area contributed by atoms with Crippen LogP contribution in [0.3, 0.4) is 0 Å². The number of amides is 2. The number of imide groups is 1.